The SMILES string of the molecule is COCC[C@H]1C(=O)N(Cc2ccc3c(N)ncnc3c2)CCN1C(=O)C=Cc1cc(Cl)cs1. The van der Waals surface area contributed by atoms with E-state index in [1.807, 2.05) is 23.6 Å². The van der Waals surface area contributed by atoms with E-state index in [1.165, 1.54) is 23.7 Å². The van der Waals surface area contributed by atoms with Crippen molar-refractivity contribution < 1.29 is 14.3 Å². The number of piperazine rings is 1. The van der Waals surface area contributed by atoms with Gasteiger partial charge in [-0.3, -0.25) is 9.59 Å². The maximum Gasteiger partial charge on any atom is 0.247 e. The zero-order valence-corrected chi connectivity index (χ0v) is 19.7. The van der Waals surface area contributed by atoms with Crippen LogP contribution in [-0.4, -0.2) is 64.4 Å². The van der Waals surface area contributed by atoms with Crippen molar-refractivity contribution in [2.45, 2.75) is 19.0 Å². The van der Waals surface area contributed by atoms with E-state index in [-0.39, 0.29) is 11.8 Å². The summed E-state index contributed by atoms with van der Waals surface area (Å²) in [4.78, 5) is 38.8. The quantitative estimate of drug-likeness (QED) is 0.515. The molecule has 0 spiro atoms. The smallest absolute Gasteiger partial charge is 0.247 e. The molecule has 1 aliphatic rings. The second kappa shape index (κ2) is 10.3. The number of nitrogens with zero attached hydrogens (tertiary/aromatic N) is 4. The van der Waals surface area contributed by atoms with Gasteiger partial charge in [0.05, 0.1) is 10.5 Å². The normalized spacial score (nSPS) is 16.8. The number of carbonyl (C=O) groups is 2. The molecule has 2 N–H and O–H groups in total. The van der Waals surface area contributed by atoms with E-state index in [0.29, 0.717) is 43.5 Å². The number of nitrogens with two attached hydrogens (primary N) is 1. The molecular formula is C23H24ClN5O3S. The van der Waals surface area contributed by atoms with Gasteiger partial charge in [-0.2, -0.15) is 0 Å². The highest BCUT2D eigenvalue weighted by Crippen LogP contribution is 2.23. The Hall–Kier alpha value is -3.01. The molecule has 1 saturated heterocycles. The van der Waals surface area contributed by atoms with Crippen LogP contribution < -0.4 is 5.73 Å². The number of aromatic nitrogens is 2. The Balaban J connectivity index is 1.49. The molecule has 0 radical (unpaired) electrons. The molecule has 3 aromatic rings. The van der Waals surface area contributed by atoms with Crippen molar-refractivity contribution in [2.75, 3.05) is 32.5 Å². The van der Waals surface area contributed by atoms with E-state index in [4.69, 9.17) is 22.1 Å². The number of halogens is 1. The van der Waals surface area contributed by atoms with Crippen LogP contribution in [0.1, 0.15) is 16.9 Å². The van der Waals surface area contributed by atoms with Gasteiger partial charge in [0.1, 0.15) is 18.2 Å². The number of amides is 2. The number of hydrogen-bond donors (Lipinski definition) is 1. The molecule has 1 aliphatic heterocycles. The van der Waals surface area contributed by atoms with E-state index in [0.717, 1.165) is 21.3 Å². The minimum absolute atomic E-state index is 0.0958. The fourth-order valence-corrected chi connectivity index (χ4v) is 4.85. The lowest BCUT2D eigenvalue weighted by Gasteiger charge is -2.40. The largest absolute Gasteiger partial charge is 0.385 e. The van der Waals surface area contributed by atoms with E-state index in [2.05, 4.69) is 9.97 Å². The van der Waals surface area contributed by atoms with Crippen molar-refractivity contribution in [2.24, 2.45) is 0 Å². The zero-order chi connectivity index (χ0) is 23.4. The second-order valence-corrected chi connectivity index (χ2v) is 9.08. The number of nitrogen functional groups attached to an aromatic ring is 1. The Labute approximate surface area is 200 Å². The van der Waals surface area contributed by atoms with Crippen LogP contribution in [0.5, 0.6) is 0 Å². The van der Waals surface area contributed by atoms with Crippen molar-refractivity contribution in [1.29, 1.82) is 0 Å². The van der Waals surface area contributed by atoms with E-state index < -0.39 is 6.04 Å². The van der Waals surface area contributed by atoms with Crippen LogP contribution in [0.25, 0.3) is 17.0 Å². The highest BCUT2D eigenvalue weighted by atomic mass is 35.5. The Morgan fingerprint density at radius 2 is 2.18 bits per heavy atom. The van der Waals surface area contributed by atoms with Crippen LogP contribution in [-0.2, 0) is 20.9 Å². The van der Waals surface area contributed by atoms with Crippen LogP contribution >= 0.6 is 22.9 Å². The average Bonchev–Trinajstić information content (AvgIpc) is 3.23. The van der Waals surface area contributed by atoms with Crippen LogP contribution in [0.2, 0.25) is 5.02 Å². The molecule has 0 bridgehead atoms. The highest BCUT2D eigenvalue weighted by Gasteiger charge is 2.36. The van der Waals surface area contributed by atoms with Crippen molar-refractivity contribution in [3.8, 4) is 0 Å². The number of ether oxygens (including phenoxy) is 1. The minimum Gasteiger partial charge on any atom is -0.385 e. The molecule has 1 fully saturated rings. The molecule has 2 amide bonds. The third-order valence-corrected chi connectivity index (χ3v) is 6.79. The monoisotopic (exact) mass is 485 g/mol. The van der Waals surface area contributed by atoms with Gasteiger partial charge in [-0.15, -0.1) is 11.3 Å². The van der Waals surface area contributed by atoms with Gasteiger partial charge in [0, 0.05) is 61.5 Å². The Morgan fingerprint density at radius 1 is 1.33 bits per heavy atom. The van der Waals surface area contributed by atoms with Crippen LogP contribution in [0.4, 0.5) is 5.82 Å². The van der Waals surface area contributed by atoms with Gasteiger partial charge in [0.15, 0.2) is 0 Å². The number of fused-ring (bicyclic) bond motifs is 1. The maximum atomic E-state index is 13.3. The average molecular weight is 486 g/mol. The third kappa shape index (κ3) is 5.32. The van der Waals surface area contributed by atoms with Gasteiger partial charge in [-0.05, 0) is 29.8 Å². The van der Waals surface area contributed by atoms with Crippen molar-refractivity contribution in [3.05, 3.63) is 57.5 Å². The van der Waals surface area contributed by atoms with E-state index in [1.54, 1.807) is 29.1 Å². The fraction of sp³-hybridized carbons (Fsp3) is 0.304. The van der Waals surface area contributed by atoms with Gasteiger partial charge >= 0.3 is 0 Å². The van der Waals surface area contributed by atoms with Crippen molar-refractivity contribution >= 4 is 57.5 Å². The van der Waals surface area contributed by atoms with Crippen LogP contribution in [0.3, 0.4) is 0 Å². The number of methoxy groups -OCH3 is 1. The Bertz CT molecular complexity index is 1200. The van der Waals surface area contributed by atoms with Gasteiger partial charge in [-0.1, -0.05) is 17.7 Å². The van der Waals surface area contributed by atoms with Gasteiger partial charge in [0.2, 0.25) is 11.8 Å². The summed E-state index contributed by atoms with van der Waals surface area (Å²) < 4.78 is 5.20. The number of thiophene rings is 1. The Kier molecular flexibility index (Phi) is 7.22. The first kappa shape index (κ1) is 23.2. The fourth-order valence-electron chi connectivity index (χ4n) is 3.88. The van der Waals surface area contributed by atoms with Crippen molar-refractivity contribution in [1.82, 2.24) is 19.8 Å². The molecule has 8 nitrogen and oxygen atoms in total. The summed E-state index contributed by atoms with van der Waals surface area (Å²) in [6.07, 6.45) is 5.08. The lowest BCUT2D eigenvalue weighted by Crippen LogP contribution is -2.58. The molecule has 33 heavy (non-hydrogen) atoms. The molecule has 1 atom stereocenters. The summed E-state index contributed by atoms with van der Waals surface area (Å²) in [5, 5.41) is 3.22. The van der Waals surface area contributed by atoms with Crippen LogP contribution in [0, 0.1) is 0 Å². The summed E-state index contributed by atoms with van der Waals surface area (Å²) >= 11 is 7.41. The molecular weight excluding hydrogens is 462 g/mol. The number of carbonyl (C=O) groups excluding carboxylic acids is 2. The molecule has 0 aliphatic carbocycles. The molecule has 1 aromatic carbocycles. The van der Waals surface area contributed by atoms with Crippen LogP contribution in [0.15, 0.2) is 42.0 Å². The standard InChI is InChI=1S/C23H24ClN5O3S/c1-32-9-6-20-23(31)28(12-15-2-4-18-19(10-15)26-14-27-22(18)25)7-8-29(20)21(30)5-3-17-11-16(24)13-33-17/h2-5,10-11,13-14,20H,6-9,12H2,1H3,(H2,25,26,27)/t20-/m0/s1. The number of benzene rings is 1. The molecule has 172 valence electrons. The topological polar surface area (TPSA) is 102 Å². The summed E-state index contributed by atoms with van der Waals surface area (Å²) in [7, 11) is 1.58. The molecule has 2 aromatic heterocycles. The predicted octanol–water partition coefficient (Wildman–Crippen LogP) is 3.22. The molecule has 0 unspecified atom stereocenters. The first-order chi connectivity index (χ1) is 16.0. The molecule has 3 heterocycles. The zero-order valence-electron chi connectivity index (χ0n) is 18.1. The predicted molar refractivity (Wildman–Crippen MR) is 130 cm³/mol. The number of rotatable bonds is 7. The summed E-state index contributed by atoms with van der Waals surface area (Å²) in [5.41, 5.74) is 7.58. The van der Waals surface area contributed by atoms with Crippen molar-refractivity contribution in [3.63, 3.8) is 0 Å². The molecule has 10 heteroatoms. The first-order valence-corrected chi connectivity index (χ1v) is 11.7. The third-order valence-electron chi connectivity index (χ3n) is 5.55. The second-order valence-electron chi connectivity index (χ2n) is 7.70. The van der Waals surface area contributed by atoms with E-state index >= 15 is 0 Å². The highest BCUT2D eigenvalue weighted by molar-refractivity contribution is 7.11. The maximum absolute atomic E-state index is 13.3. The lowest BCUT2D eigenvalue weighted by molar-refractivity contribution is -0.150. The van der Waals surface area contributed by atoms with Gasteiger partial charge in [-0.25, -0.2) is 9.97 Å². The summed E-state index contributed by atoms with van der Waals surface area (Å²) in [6.45, 7) is 1.69. The summed E-state index contributed by atoms with van der Waals surface area (Å²) in [5.74, 6) is 0.125. The van der Waals surface area contributed by atoms with E-state index in [9.17, 15) is 9.59 Å². The first-order valence-electron chi connectivity index (χ1n) is 10.5. The molecule has 4 rings (SSSR count). The van der Waals surface area contributed by atoms with Gasteiger partial charge < -0.3 is 20.3 Å². The number of anilines is 1. The lowest BCUT2D eigenvalue weighted by atomic mass is 10.1. The summed E-state index contributed by atoms with van der Waals surface area (Å²) in [6, 6.07) is 6.92. The molecule has 0 saturated carbocycles. The Morgan fingerprint density at radius 3 is 2.94 bits per heavy atom. The van der Waals surface area contributed by atoms with Gasteiger partial charge in [0.25, 0.3) is 0 Å². The minimum atomic E-state index is -0.582. The number of hydrogen-bond acceptors (Lipinski definition) is 7.